The average molecular weight is 203 g/mol. The fourth-order valence-corrected chi connectivity index (χ4v) is 1.24. The highest BCUT2D eigenvalue weighted by Crippen LogP contribution is 2.04. The van der Waals surface area contributed by atoms with E-state index in [-0.39, 0.29) is 11.1 Å². The van der Waals surface area contributed by atoms with Gasteiger partial charge in [0.2, 0.25) is 0 Å². The molecule has 0 fully saturated rings. The maximum Gasteiger partial charge on any atom is 0.328 e. The Morgan fingerprint density at radius 3 is 2.38 bits per heavy atom. The molecule has 1 aromatic heterocycles. The van der Waals surface area contributed by atoms with Crippen molar-refractivity contribution in [3.8, 4) is 0 Å². The van der Waals surface area contributed by atoms with Crippen LogP contribution in [0.25, 0.3) is 0 Å². The van der Waals surface area contributed by atoms with E-state index in [2.05, 4.69) is 4.98 Å². The van der Waals surface area contributed by atoms with Crippen LogP contribution in [-0.4, -0.2) is 9.55 Å². The van der Waals surface area contributed by atoms with Crippen LogP contribution in [0.1, 0.15) is 25.6 Å². The molecule has 0 aliphatic heterocycles. The zero-order valence-corrected chi connectivity index (χ0v) is 8.47. The molecule has 0 bridgehead atoms. The minimum atomic E-state index is -0.432. The van der Waals surface area contributed by atoms with Gasteiger partial charge in [-0.15, -0.1) is 0 Å². The molecule has 5 heteroatoms. The third-order valence-corrected chi connectivity index (χ3v) is 2.21. The first-order valence-corrected chi connectivity index (χ1v) is 4.34. The molecule has 1 aromatic rings. The quantitative estimate of drug-likeness (QED) is 0.741. The summed E-state index contributed by atoms with van der Waals surface area (Å²) in [6.07, 6.45) is 0. The predicted molar refractivity (Wildman–Crippen MR) is 51.5 cm³/mol. The Hall–Kier alpha value is -1.03. The van der Waals surface area contributed by atoms with Gasteiger partial charge in [-0.25, -0.2) is 4.79 Å². The maximum atomic E-state index is 11.5. The van der Waals surface area contributed by atoms with Crippen molar-refractivity contribution >= 4 is 11.6 Å². The van der Waals surface area contributed by atoms with E-state index in [9.17, 15) is 9.59 Å². The number of halogens is 1. The van der Waals surface area contributed by atoms with Gasteiger partial charge in [0.05, 0.1) is 0 Å². The summed E-state index contributed by atoms with van der Waals surface area (Å²) in [5.74, 6) is 0. The van der Waals surface area contributed by atoms with Crippen LogP contribution < -0.4 is 11.2 Å². The van der Waals surface area contributed by atoms with Crippen LogP contribution in [0.15, 0.2) is 9.59 Å². The van der Waals surface area contributed by atoms with E-state index >= 15 is 0 Å². The molecule has 0 aliphatic rings. The second kappa shape index (κ2) is 3.38. The molecular formula is C8H11ClN2O2. The Balaban J connectivity index is 3.64. The molecule has 1 heterocycles. The zero-order chi connectivity index (χ0) is 10.2. The molecule has 0 saturated heterocycles. The lowest BCUT2D eigenvalue weighted by Crippen LogP contribution is -2.37. The molecule has 0 aliphatic carbocycles. The Morgan fingerprint density at radius 1 is 1.38 bits per heavy atom. The highest BCUT2D eigenvalue weighted by atomic mass is 35.5. The van der Waals surface area contributed by atoms with Crippen molar-refractivity contribution in [2.45, 2.75) is 26.8 Å². The normalized spacial score (nSPS) is 10.8. The lowest BCUT2D eigenvalue weighted by Gasteiger charge is -2.08. The number of rotatable bonds is 1. The first-order valence-electron chi connectivity index (χ1n) is 3.96. The number of nitrogens with zero attached hydrogens (tertiary/aromatic N) is 1. The van der Waals surface area contributed by atoms with E-state index in [1.165, 1.54) is 0 Å². The van der Waals surface area contributed by atoms with Gasteiger partial charge in [0.1, 0.15) is 5.02 Å². The van der Waals surface area contributed by atoms with Gasteiger partial charge in [0.15, 0.2) is 0 Å². The molecular weight excluding hydrogens is 192 g/mol. The first kappa shape index (κ1) is 10.1. The van der Waals surface area contributed by atoms with Gasteiger partial charge in [0, 0.05) is 11.7 Å². The molecule has 1 N–H and O–H groups in total. The minimum absolute atomic E-state index is 0.0771. The molecule has 0 atom stereocenters. The van der Waals surface area contributed by atoms with Crippen molar-refractivity contribution in [2.24, 2.45) is 0 Å². The highest BCUT2D eigenvalue weighted by molar-refractivity contribution is 6.30. The first-order chi connectivity index (χ1) is 5.95. The molecule has 0 unspecified atom stereocenters. The number of aromatic amines is 1. The van der Waals surface area contributed by atoms with Gasteiger partial charge in [-0.1, -0.05) is 11.6 Å². The zero-order valence-electron chi connectivity index (χ0n) is 7.72. The van der Waals surface area contributed by atoms with Crippen molar-refractivity contribution in [1.82, 2.24) is 9.55 Å². The van der Waals surface area contributed by atoms with E-state index in [1.54, 1.807) is 20.8 Å². The second-order valence-corrected chi connectivity index (χ2v) is 3.52. The van der Waals surface area contributed by atoms with Crippen molar-refractivity contribution in [3.63, 3.8) is 0 Å². The molecule has 0 amide bonds. The lowest BCUT2D eigenvalue weighted by molar-refractivity contribution is 0.544. The third kappa shape index (κ3) is 1.67. The topological polar surface area (TPSA) is 54.9 Å². The summed E-state index contributed by atoms with van der Waals surface area (Å²) in [6.45, 7) is 5.10. The summed E-state index contributed by atoms with van der Waals surface area (Å²) in [5, 5.41) is 0.0771. The van der Waals surface area contributed by atoms with Crippen LogP contribution in [-0.2, 0) is 0 Å². The smallest absolute Gasteiger partial charge is 0.310 e. The van der Waals surface area contributed by atoms with E-state index in [4.69, 9.17) is 11.6 Å². The monoisotopic (exact) mass is 202 g/mol. The number of aromatic nitrogens is 2. The number of hydrogen-bond donors (Lipinski definition) is 1. The maximum absolute atomic E-state index is 11.5. The van der Waals surface area contributed by atoms with Gasteiger partial charge in [-0.3, -0.25) is 9.36 Å². The van der Waals surface area contributed by atoms with Crippen LogP contribution in [0, 0.1) is 6.92 Å². The van der Waals surface area contributed by atoms with Gasteiger partial charge >= 0.3 is 5.69 Å². The molecule has 0 radical (unpaired) electrons. The average Bonchev–Trinajstić information content (AvgIpc) is 1.99. The number of nitrogens with one attached hydrogen (secondary N) is 1. The molecule has 0 saturated carbocycles. The van der Waals surface area contributed by atoms with Crippen molar-refractivity contribution in [3.05, 3.63) is 31.6 Å². The molecule has 0 aromatic carbocycles. The lowest BCUT2D eigenvalue weighted by atomic mass is 10.3. The van der Waals surface area contributed by atoms with Crippen LogP contribution in [0.5, 0.6) is 0 Å². The third-order valence-electron chi connectivity index (χ3n) is 1.77. The van der Waals surface area contributed by atoms with E-state index in [0.29, 0.717) is 5.69 Å². The number of H-pyrrole nitrogens is 1. The molecule has 1 rings (SSSR count). The van der Waals surface area contributed by atoms with Crippen LogP contribution in [0.4, 0.5) is 0 Å². The SMILES string of the molecule is Cc1[nH]c(=O)n(C(C)C)c(=O)c1Cl. The summed E-state index contributed by atoms with van der Waals surface area (Å²) in [7, 11) is 0. The summed E-state index contributed by atoms with van der Waals surface area (Å²) >= 11 is 5.70. The van der Waals surface area contributed by atoms with Crippen molar-refractivity contribution in [2.75, 3.05) is 0 Å². The number of hydrogen-bond acceptors (Lipinski definition) is 2. The van der Waals surface area contributed by atoms with Crippen LogP contribution >= 0.6 is 11.6 Å². The second-order valence-electron chi connectivity index (χ2n) is 3.14. The summed E-state index contributed by atoms with van der Waals surface area (Å²) in [6, 6.07) is -0.186. The molecule has 4 nitrogen and oxygen atoms in total. The summed E-state index contributed by atoms with van der Waals surface area (Å²) in [4.78, 5) is 25.3. The van der Waals surface area contributed by atoms with E-state index in [0.717, 1.165) is 4.57 Å². The standard InChI is InChI=1S/C8H11ClN2O2/c1-4(2)11-7(12)6(9)5(3)10-8(11)13/h4H,1-3H3,(H,10,13). The Labute approximate surface area is 80.2 Å². The molecule has 72 valence electrons. The van der Waals surface area contributed by atoms with E-state index in [1.807, 2.05) is 0 Å². The summed E-state index contributed by atoms with van der Waals surface area (Å²) in [5.41, 5.74) is -0.437. The predicted octanol–water partition coefficient (Wildman–Crippen LogP) is 1.08. The highest BCUT2D eigenvalue weighted by Gasteiger charge is 2.10. The summed E-state index contributed by atoms with van der Waals surface area (Å²) < 4.78 is 1.09. The Bertz CT molecular complexity index is 431. The molecule has 13 heavy (non-hydrogen) atoms. The Morgan fingerprint density at radius 2 is 1.92 bits per heavy atom. The minimum Gasteiger partial charge on any atom is -0.310 e. The van der Waals surface area contributed by atoms with Gasteiger partial charge in [-0.05, 0) is 20.8 Å². The Kier molecular flexibility index (Phi) is 2.61. The van der Waals surface area contributed by atoms with Crippen LogP contribution in [0.2, 0.25) is 5.02 Å². The van der Waals surface area contributed by atoms with E-state index < -0.39 is 11.2 Å². The van der Waals surface area contributed by atoms with Crippen molar-refractivity contribution in [1.29, 1.82) is 0 Å². The largest absolute Gasteiger partial charge is 0.328 e. The van der Waals surface area contributed by atoms with Gasteiger partial charge in [-0.2, -0.15) is 0 Å². The van der Waals surface area contributed by atoms with Crippen LogP contribution in [0.3, 0.4) is 0 Å². The number of aryl methyl sites for hydroxylation is 1. The molecule has 0 spiro atoms. The fraction of sp³-hybridized carbons (Fsp3) is 0.500. The van der Waals surface area contributed by atoms with Gasteiger partial charge in [0.25, 0.3) is 5.56 Å². The van der Waals surface area contributed by atoms with Gasteiger partial charge < -0.3 is 4.98 Å². The fourth-order valence-electron chi connectivity index (χ4n) is 1.10. The van der Waals surface area contributed by atoms with Crippen molar-refractivity contribution < 1.29 is 0 Å².